The third-order valence-electron chi connectivity index (χ3n) is 12.3. The number of cyclic esters (lactones) is 1. The van der Waals surface area contributed by atoms with Gasteiger partial charge in [0.1, 0.15) is 23.9 Å². The van der Waals surface area contributed by atoms with Crippen molar-refractivity contribution < 1.29 is 42.5 Å². The molecule has 16 nitrogen and oxygen atoms in total. The van der Waals surface area contributed by atoms with Crippen molar-refractivity contribution in [3.05, 3.63) is 59.7 Å². The molecule has 4 aromatic rings. The van der Waals surface area contributed by atoms with Gasteiger partial charge in [0.05, 0.1) is 61.5 Å². The van der Waals surface area contributed by atoms with Crippen molar-refractivity contribution in [2.45, 2.75) is 124 Å². The predicted molar refractivity (Wildman–Crippen MR) is 240 cm³/mol. The van der Waals surface area contributed by atoms with Crippen LogP contribution in [0.5, 0.6) is 0 Å². The molecule has 0 spiro atoms. The fraction of sp³-hybridized carbons (Fsp3) is 0.583. The molecular weight excluding hydrogens is 819 g/mol. The Hall–Kier alpha value is -5.32. The second kappa shape index (κ2) is 19.0. The zero-order valence-electron chi connectivity index (χ0n) is 39.0. The highest BCUT2D eigenvalue weighted by atomic mass is 16.6. The molecule has 0 unspecified atom stereocenters. The molecule has 3 aromatic heterocycles. The Morgan fingerprint density at radius 1 is 1.11 bits per heavy atom. The van der Waals surface area contributed by atoms with Crippen LogP contribution in [0.1, 0.15) is 98.2 Å². The second-order valence-corrected chi connectivity index (χ2v) is 19.5. The molecule has 2 saturated heterocycles. The van der Waals surface area contributed by atoms with E-state index in [0.717, 1.165) is 39.0 Å². The number of carbonyl (C=O) groups excluding carboxylic acids is 4. The van der Waals surface area contributed by atoms with Gasteiger partial charge in [-0.05, 0) is 95.7 Å². The largest absolute Gasteiger partial charge is 0.464 e. The number of hydrogen-bond acceptors (Lipinski definition) is 12. The average Bonchev–Trinajstić information content (AvgIpc) is 3.83. The van der Waals surface area contributed by atoms with Gasteiger partial charge in [-0.3, -0.25) is 24.4 Å². The number of amides is 3. The van der Waals surface area contributed by atoms with E-state index in [2.05, 4.69) is 54.3 Å². The highest BCUT2D eigenvalue weighted by molar-refractivity contribution is 5.95. The number of carbonyl (C=O) groups is 4. The SMILES string of the molecule is CCn1c(-c2cccnc2[C@H](C)OC)c2c3cc(ccc31)-c1nc(co1)C[C@H](NC(=O)[C@@H](COC1CN(C(=O)OC(C)(C)C)C1)C(C)C)C(=O)N1CCC[C@H](N1)C(=O)OCC(C)(C)C2. The fourth-order valence-corrected chi connectivity index (χ4v) is 8.68. The molecule has 2 fully saturated rings. The number of aryl methyl sites for hydroxylation is 1. The Morgan fingerprint density at radius 3 is 2.58 bits per heavy atom. The number of methoxy groups -OCH3 is 1. The number of hydrogen-bond donors (Lipinski definition) is 2. The molecular formula is C48H65N7O9. The molecule has 6 heterocycles. The number of fused-ring (bicyclic) bond motifs is 6. The summed E-state index contributed by atoms with van der Waals surface area (Å²) in [6.07, 6.45) is 4.01. The van der Waals surface area contributed by atoms with Gasteiger partial charge in [-0.1, -0.05) is 27.7 Å². The first-order chi connectivity index (χ1) is 30.4. The van der Waals surface area contributed by atoms with E-state index in [1.165, 1.54) is 11.3 Å². The number of oxazole rings is 1. The van der Waals surface area contributed by atoms with Crippen LogP contribution in [-0.4, -0.2) is 112 Å². The maximum Gasteiger partial charge on any atom is 0.410 e. The van der Waals surface area contributed by atoms with E-state index in [1.807, 2.05) is 53.7 Å². The van der Waals surface area contributed by atoms with Gasteiger partial charge >= 0.3 is 12.1 Å². The number of pyridine rings is 1. The molecule has 6 bridgehead atoms. The normalized spacial score (nSPS) is 20.7. The van der Waals surface area contributed by atoms with E-state index >= 15 is 0 Å². The Kier molecular flexibility index (Phi) is 13.9. The molecule has 0 aliphatic carbocycles. The second-order valence-electron chi connectivity index (χ2n) is 19.5. The Balaban J connectivity index is 1.21. The van der Waals surface area contributed by atoms with Gasteiger partial charge in [0.2, 0.25) is 11.8 Å². The summed E-state index contributed by atoms with van der Waals surface area (Å²) in [7, 11) is 1.68. The highest BCUT2D eigenvalue weighted by Crippen LogP contribution is 2.42. The van der Waals surface area contributed by atoms with Crippen LogP contribution >= 0.6 is 0 Å². The van der Waals surface area contributed by atoms with Crippen LogP contribution in [-0.2, 0) is 52.7 Å². The molecule has 16 heteroatoms. The molecule has 3 aliphatic heterocycles. The first kappa shape index (κ1) is 46.7. The minimum Gasteiger partial charge on any atom is -0.464 e. The number of nitrogens with zero attached hydrogens (tertiary/aromatic N) is 5. The monoisotopic (exact) mass is 883 g/mol. The molecule has 0 saturated carbocycles. The van der Waals surface area contributed by atoms with Crippen LogP contribution in [0.4, 0.5) is 4.79 Å². The molecule has 7 rings (SSSR count). The summed E-state index contributed by atoms with van der Waals surface area (Å²) in [5, 5.41) is 5.44. The van der Waals surface area contributed by atoms with E-state index in [0.29, 0.717) is 57.0 Å². The van der Waals surface area contributed by atoms with E-state index < -0.39 is 47.0 Å². The van der Waals surface area contributed by atoms with Gasteiger partial charge in [-0.15, -0.1) is 0 Å². The van der Waals surface area contributed by atoms with Crippen molar-refractivity contribution in [3.8, 4) is 22.7 Å². The summed E-state index contributed by atoms with van der Waals surface area (Å²) in [4.78, 5) is 66.2. The van der Waals surface area contributed by atoms with Crippen LogP contribution in [0.25, 0.3) is 33.6 Å². The third-order valence-corrected chi connectivity index (χ3v) is 12.3. The minimum atomic E-state index is -1.06. The summed E-state index contributed by atoms with van der Waals surface area (Å²) in [6.45, 7) is 19.5. The van der Waals surface area contributed by atoms with Crippen molar-refractivity contribution >= 4 is 34.8 Å². The van der Waals surface area contributed by atoms with Gasteiger partial charge in [-0.2, -0.15) is 0 Å². The quantitative estimate of drug-likeness (QED) is 0.163. The number of rotatable bonds is 10. The summed E-state index contributed by atoms with van der Waals surface area (Å²) < 4.78 is 31.9. The lowest BCUT2D eigenvalue weighted by Crippen LogP contribution is -2.61. The first-order valence-corrected chi connectivity index (χ1v) is 22.6. The zero-order valence-corrected chi connectivity index (χ0v) is 39.0. The van der Waals surface area contributed by atoms with Gasteiger partial charge in [-0.25, -0.2) is 15.2 Å². The number of aromatic nitrogens is 3. The van der Waals surface area contributed by atoms with Gasteiger partial charge in [0.15, 0.2) is 0 Å². The Morgan fingerprint density at radius 2 is 1.88 bits per heavy atom. The lowest BCUT2D eigenvalue weighted by Gasteiger charge is -2.40. The lowest BCUT2D eigenvalue weighted by molar-refractivity contribution is -0.155. The van der Waals surface area contributed by atoms with Crippen LogP contribution in [0, 0.1) is 17.3 Å². The number of likely N-dealkylation sites (tertiary alicyclic amines) is 1. The fourth-order valence-electron chi connectivity index (χ4n) is 8.68. The summed E-state index contributed by atoms with van der Waals surface area (Å²) in [6, 6.07) is 8.34. The van der Waals surface area contributed by atoms with E-state index in [-0.39, 0.29) is 43.7 Å². The molecule has 3 aliphatic rings. The van der Waals surface area contributed by atoms with Crippen LogP contribution < -0.4 is 10.7 Å². The number of ether oxygens (including phenoxy) is 4. The van der Waals surface area contributed by atoms with Crippen molar-refractivity contribution in [2.24, 2.45) is 17.3 Å². The smallest absolute Gasteiger partial charge is 0.410 e. The average molecular weight is 884 g/mol. The molecule has 64 heavy (non-hydrogen) atoms. The van der Waals surface area contributed by atoms with E-state index in [1.54, 1.807) is 18.2 Å². The Labute approximate surface area is 375 Å². The highest BCUT2D eigenvalue weighted by Gasteiger charge is 2.39. The maximum atomic E-state index is 14.5. The minimum absolute atomic E-state index is 0.0278. The van der Waals surface area contributed by atoms with Gasteiger partial charge in [0, 0.05) is 60.3 Å². The van der Waals surface area contributed by atoms with E-state index in [9.17, 15) is 19.2 Å². The van der Waals surface area contributed by atoms with Crippen LogP contribution in [0.3, 0.4) is 0 Å². The van der Waals surface area contributed by atoms with E-state index in [4.69, 9.17) is 33.3 Å². The van der Waals surface area contributed by atoms with Crippen molar-refractivity contribution in [1.82, 2.24) is 35.2 Å². The molecule has 3 amide bonds. The predicted octanol–water partition coefficient (Wildman–Crippen LogP) is 6.64. The van der Waals surface area contributed by atoms with Crippen molar-refractivity contribution in [1.29, 1.82) is 0 Å². The van der Waals surface area contributed by atoms with Gasteiger partial charge < -0.3 is 38.1 Å². The third kappa shape index (κ3) is 10.3. The van der Waals surface area contributed by atoms with Gasteiger partial charge in [0.25, 0.3) is 5.91 Å². The summed E-state index contributed by atoms with van der Waals surface area (Å²) in [5.74, 6) is -1.59. The van der Waals surface area contributed by atoms with Crippen LogP contribution in [0.2, 0.25) is 0 Å². The lowest BCUT2D eigenvalue weighted by atomic mass is 9.84. The first-order valence-electron chi connectivity index (χ1n) is 22.6. The maximum absolute atomic E-state index is 14.5. The molecule has 1 aromatic carbocycles. The number of benzene rings is 1. The summed E-state index contributed by atoms with van der Waals surface area (Å²) >= 11 is 0. The topological polar surface area (TPSA) is 180 Å². The van der Waals surface area contributed by atoms with Crippen molar-refractivity contribution in [3.63, 3.8) is 0 Å². The number of esters is 1. The zero-order chi connectivity index (χ0) is 46.1. The Bertz CT molecular complexity index is 2340. The molecule has 4 atom stereocenters. The van der Waals surface area contributed by atoms with Crippen LogP contribution in [0.15, 0.2) is 47.2 Å². The summed E-state index contributed by atoms with van der Waals surface area (Å²) in [5.41, 5.74) is 8.11. The molecule has 346 valence electrons. The van der Waals surface area contributed by atoms with Crippen molar-refractivity contribution in [2.75, 3.05) is 40.0 Å². The number of nitrogens with one attached hydrogen (secondary N) is 2. The standard InChI is InChI=1S/C48H65N7O9/c1-11-54-39-17-16-30-20-34(39)35(41(54)33-14-12-18-49-40(33)29(4)60-10)22-48(8,9)27-63-45(58)37-15-13-19-55(52-37)44(57)38(21-31-25-62-43(30)50-31)51-42(56)36(28(2)3)26-61-32-23-53(24-32)46(59)64-47(5,6)7/h12,14,16-18,20,25,28-29,32,36-38,52H,11,13,15,19,21-24,26-27H2,1-10H3,(H,51,56)/t29-,36-,37-,38-/m0/s1. The number of hydrazine groups is 1. The molecule has 2 N–H and O–H groups in total. The molecule has 0 radical (unpaired) electrons.